The van der Waals surface area contributed by atoms with Crippen molar-refractivity contribution in [2.75, 3.05) is 7.11 Å². The summed E-state index contributed by atoms with van der Waals surface area (Å²) < 4.78 is 18.8. The van der Waals surface area contributed by atoms with Crippen molar-refractivity contribution in [3.05, 3.63) is 69.5 Å². The summed E-state index contributed by atoms with van der Waals surface area (Å²) in [5, 5.41) is 0.563. The number of carbonyl (C=O) groups is 2. The van der Waals surface area contributed by atoms with E-state index in [-0.39, 0.29) is 22.8 Å². The summed E-state index contributed by atoms with van der Waals surface area (Å²) in [6.07, 6.45) is -0.255. The number of ether oxygens (including phenoxy) is 1. The summed E-state index contributed by atoms with van der Waals surface area (Å²) in [5.74, 6) is -2.83. The highest BCUT2D eigenvalue weighted by Crippen LogP contribution is 2.31. The van der Waals surface area contributed by atoms with Crippen molar-refractivity contribution in [3.8, 4) is 0 Å². The number of ketones is 1. The Labute approximate surface area is 143 Å². The highest BCUT2D eigenvalue weighted by Gasteiger charge is 2.29. The minimum Gasteiger partial charge on any atom is -0.469 e. The van der Waals surface area contributed by atoms with Crippen molar-refractivity contribution in [3.63, 3.8) is 0 Å². The standard InChI is InChI=1S/C17H13Cl2FO3/c1-23-17(22)12(16-13(19)3-2-4-14(16)20)9-15(21)10-5-7-11(18)8-6-10/h2-8,12H,9H2,1H3/t12-/m0/s1. The number of carbonyl (C=O) groups excluding carboxylic acids is 2. The van der Waals surface area contributed by atoms with Crippen LogP contribution >= 0.6 is 23.2 Å². The van der Waals surface area contributed by atoms with Gasteiger partial charge in [0.15, 0.2) is 5.78 Å². The lowest BCUT2D eigenvalue weighted by molar-refractivity contribution is -0.142. The predicted molar refractivity (Wildman–Crippen MR) is 86.6 cm³/mol. The smallest absolute Gasteiger partial charge is 0.313 e. The van der Waals surface area contributed by atoms with Gasteiger partial charge in [0, 0.05) is 27.6 Å². The van der Waals surface area contributed by atoms with Crippen LogP contribution in [0.3, 0.4) is 0 Å². The van der Waals surface area contributed by atoms with E-state index in [1.165, 1.54) is 25.3 Å². The van der Waals surface area contributed by atoms with Crippen molar-refractivity contribution >= 4 is 35.0 Å². The fourth-order valence-corrected chi connectivity index (χ4v) is 2.65. The molecule has 0 unspecified atom stereocenters. The second kappa shape index (κ2) is 7.57. The molecule has 2 aromatic carbocycles. The Morgan fingerprint density at radius 1 is 1.13 bits per heavy atom. The maximum Gasteiger partial charge on any atom is 0.313 e. The molecule has 0 saturated carbocycles. The average Bonchev–Trinajstić information content (AvgIpc) is 2.53. The molecular weight excluding hydrogens is 342 g/mol. The zero-order valence-electron chi connectivity index (χ0n) is 12.2. The summed E-state index contributed by atoms with van der Waals surface area (Å²) in [5.41, 5.74) is 0.332. The van der Waals surface area contributed by atoms with Crippen LogP contribution < -0.4 is 0 Å². The number of hydrogen-bond acceptors (Lipinski definition) is 3. The number of halogens is 3. The highest BCUT2D eigenvalue weighted by molar-refractivity contribution is 6.31. The molecule has 3 nitrogen and oxygen atoms in total. The molecule has 0 radical (unpaired) electrons. The van der Waals surface area contributed by atoms with Crippen LogP contribution in [0.4, 0.5) is 4.39 Å². The van der Waals surface area contributed by atoms with Gasteiger partial charge in [0.2, 0.25) is 0 Å². The molecular formula is C17H13Cl2FO3. The number of benzene rings is 2. The zero-order valence-corrected chi connectivity index (χ0v) is 13.7. The van der Waals surface area contributed by atoms with Gasteiger partial charge >= 0.3 is 5.97 Å². The lowest BCUT2D eigenvalue weighted by atomic mass is 9.91. The zero-order chi connectivity index (χ0) is 17.0. The second-order valence-electron chi connectivity index (χ2n) is 4.85. The van der Waals surface area contributed by atoms with Crippen LogP contribution in [0, 0.1) is 5.82 Å². The Bertz CT molecular complexity index is 709. The molecule has 0 N–H and O–H groups in total. The van der Waals surface area contributed by atoms with Crippen molar-refractivity contribution in [1.29, 1.82) is 0 Å². The van der Waals surface area contributed by atoms with Crippen LogP contribution in [0.1, 0.15) is 28.3 Å². The first-order valence-electron chi connectivity index (χ1n) is 6.74. The van der Waals surface area contributed by atoms with Gasteiger partial charge in [0.25, 0.3) is 0 Å². The van der Waals surface area contributed by atoms with Gasteiger partial charge in [-0.25, -0.2) is 4.39 Å². The third kappa shape index (κ3) is 4.09. The molecule has 2 rings (SSSR count). The summed E-state index contributed by atoms with van der Waals surface area (Å²) in [6.45, 7) is 0. The van der Waals surface area contributed by atoms with Gasteiger partial charge in [-0.3, -0.25) is 9.59 Å². The van der Waals surface area contributed by atoms with E-state index < -0.39 is 17.7 Å². The second-order valence-corrected chi connectivity index (χ2v) is 5.69. The molecule has 1 atom stereocenters. The molecule has 0 bridgehead atoms. The van der Waals surface area contributed by atoms with Gasteiger partial charge in [-0.1, -0.05) is 29.3 Å². The normalized spacial score (nSPS) is 11.8. The van der Waals surface area contributed by atoms with Gasteiger partial charge in [-0.15, -0.1) is 0 Å². The van der Waals surface area contributed by atoms with Crippen molar-refractivity contribution in [2.24, 2.45) is 0 Å². The molecule has 6 heteroatoms. The highest BCUT2D eigenvalue weighted by atomic mass is 35.5. The summed E-state index contributed by atoms with van der Waals surface area (Å²) in [4.78, 5) is 24.4. The molecule has 0 heterocycles. The molecule has 0 spiro atoms. The van der Waals surface area contributed by atoms with E-state index in [4.69, 9.17) is 27.9 Å². The molecule has 2 aromatic rings. The summed E-state index contributed by atoms with van der Waals surface area (Å²) >= 11 is 11.8. The molecule has 0 saturated heterocycles. The fraction of sp³-hybridized carbons (Fsp3) is 0.176. The SMILES string of the molecule is COC(=O)[C@@H](CC(=O)c1ccc(Cl)cc1)c1c(F)cccc1Cl. The molecule has 23 heavy (non-hydrogen) atoms. The van der Waals surface area contributed by atoms with E-state index in [1.54, 1.807) is 24.3 Å². The number of rotatable bonds is 5. The Morgan fingerprint density at radius 3 is 2.35 bits per heavy atom. The van der Waals surface area contributed by atoms with E-state index in [9.17, 15) is 14.0 Å². The van der Waals surface area contributed by atoms with Crippen molar-refractivity contribution in [2.45, 2.75) is 12.3 Å². The number of hydrogen-bond donors (Lipinski definition) is 0. The topological polar surface area (TPSA) is 43.4 Å². The van der Waals surface area contributed by atoms with E-state index in [1.807, 2.05) is 0 Å². The maximum atomic E-state index is 14.1. The van der Waals surface area contributed by atoms with Crippen molar-refractivity contribution < 1.29 is 18.7 Å². The largest absolute Gasteiger partial charge is 0.469 e. The number of Topliss-reactive ketones (excluding diaryl/α,β-unsaturated/α-hetero) is 1. The first kappa shape index (κ1) is 17.4. The van der Waals surface area contributed by atoms with Crippen LogP contribution in [0.15, 0.2) is 42.5 Å². The molecule has 0 aliphatic rings. The third-order valence-corrected chi connectivity index (χ3v) is 3.97. The average molecular weight is 355 g/mol. The Balaban J connectivity index is 2.35. The fourth-order valence-electron chi connectivity index (χ4n) is 2.23. The van der Waals surface area contributed by atoms with Gasteiger partial charge < -0.3 is 4.74 Å². The minimum atomic E-state index is -1.11. The first-order valence-corrected chi connectivity index (χ1v) is 7.50. The van der Waals surface area contributed by atoms with Crippen LogP contribution in [-0.2, 0) is 9.53 Å². The molecule has 120 valence electrons. The molecule has 0 aliphatic heterocycles. The van der Waals surface area contributed by atoms with Crippen LogP contribution in [-0.4, -0.2) is 18.9 Å². The van der Waals surface area contributed by atoms with E-state index in [2.05, 4.69) is 0 Å². The van der Waals surface area contributed by atoms with Crippen LogP contribution in [0.25, 0.3) is 0 Å². The Morgan fingerprint density at radius 2 is 1.78 bits per heavy atom. The third-order valence-electron chi connectivity index (χ3n) is 3.39. The predicted octanol–water partition coefficient (Wildman–Crippen LogP) is 4.66. The van der Waals surface area contributed by atoms with E-state index >= 15 is 0 Å². The monoisotopic (exact) mass is 354 g/mol. The summed E-state index contributed by atoms with van der Waals surface area (Å²) in [6, 6.07) is 10.3. The van der Waals surface area contributed by atoms with Gasteiger partial charge in [0.1, 0.15) is 5.82 Å². The minimum absolute atomic E-state index is 0.0386. The lowest BCUT2D eigenvalue weighted by Gasteiger charge is -2.16. The quantitative estimate of drug-likeness (QED) is 0.579. The van der Waals surface area contributed by atoms with Crippen molar-refractivity contribution in [1.82, 2.24) is 0 Å². The first-order chi connectivity index (χ1) is 10.9. The van der Waals surface area contributed by atoms with Crippen LogP contribution in [0.2, 0.25) is 10.0 Å². The lowest BCUT2D eigenvalue weighted by Crippen LogP contribution is -2.20. The van der Waals surface area contributed by atoms with E-state index in [0.717, 1.165) is 0 Å². The molecule has 0 amide bonds. The number of esters is 1. The van der Waals surface area contributed by atoms with Crippen LogP contribution in [0.5, 0.6) is 0 Å². The van der Waals surface area contributed by atoms with Gasteiger partial charge in [0.05, 0.1) is 13.0 Å². The molecule has 0 aliphatic carbocycles. The van der Waals surface area contributed by atoms with Gasteiger partial charge in [-0.2, -0.15) is 0 Å². The number of methoxy groups -OCH3 is 1. The van der Waals surface area contributed by atoms with E-state index in [0.29, 0.717) is 10.6 Å². The molecule has 0 fully saturated rings. The maximum absolute atomic E-state index is 14.1. The van der Waals surface area contributed by atoms with Gasteiger partial charge in [-0.05, 0) is 36.4 Å². The summed E-state index contributed by atoms with van der Waals surface area (Å²) in [7, 11) is 1.18. The Kier molecular flexibility index (Phi) is 5.74. The Hall–Kier alpha value is -1.91. The molecule has 0 aromatic heterocycles.